The molecule has 158 valence electrons. The summed E-state index contributed by atoms with van der Waals surface area (Å²) in [5, 5.41) is 12.2. The predicted octanol–water partition coefficient (Wildman–Crippen LogP) is 4.05. The van der Waals surface area contributed by atoms with E-state index in [1.807, 2.05) is 12.1 Å². The number of carbonyl (C=O) groups excluding carboxylic acids is 2. The van der Waals surface area contributed by atoms with Gasteiger partial charge in [-0.2, -0.15) is 0 Å². The Morgan fingerprint density at radius 3 is 2.27 bits per heavy atom. The van der Waals surface area contributed by atoms with E-state index < -0.39 is 0 Å². The van der Waals surface area contributed by atoms with Crippen LogP contribution in [-0.2, 0) is 11.3 Å². The van der Waals surface area contributed by atoms with Gasteiger partial charge in [-0.3, -0.25) is 4.79 Å². The van der Waals surface area contributed by atoms with Crippen LogP contribution < -0.4 is 5.32 Å². The highest BCUT2D eigenvalue weighted by Gasteiger charge is 2.25. The summed E-state index contributed by atoms with van der Waals surface area (Å²) < 4.78 is 5.48. The van der Waals surface area contributed by atoms with Gasteiger partial charge < -0.3 is 20.1 Å². The van der Waals surface area contributed by atoms with E-state index in [9.17, 15) is 14.7 Å². The van der Waals surface area contributed by atoms with Gasteiger partial charge in [0, 0.05) is 25.2 Å². The fourth-order valence-electron chi connectivity index (χ4n) is 3.81. The lowest BCUT2D eigenvalue weighted by Crippen LogP contribution is -2.41. The number of amides is 2. The first-order chi connectivity index (χ1) is 14.6. The third-order valence-corrected chi connectivity index (χ3v) is 5.94. The molecule has 2 amide bonds. The molecule has 2 aliphatic rings. The van der Waals surface area contributed by atoms with E-state index in [1.54, 1.807) is 17.0 Å². The van der Waals surface area contributed by atoms with Gasteiger partial charge in [-0.1, -0.05) is 24.3 Å². The van der Waals surface area contributed by atoms with Crippen molar-refractivity contribution in [3.8, 4) is 5.75 Å². The maximum absolute atomic E-state index is 12.4. The SMILES string of the molecule is O=C(NCC1CCN(C(=O)OCc2ccc(C3CC3)cc2)CC1)c1ccc(O)cc1. The van der Waals surface area contributed by atoms with Crippen LogP contribution in [0.25, 0.3) is 0 Å². The van der Waals surface area contributed by atoms with Gasteiger partial charge in [0.2, 0.25) is 0 Å². The molecule has 6 heteroatoms. The smallest absolute Gasteiger partial charge is 0.410 e. The van der Waals surface area contributed by atoms with Crippen molar-refractivity contribution in [3.63, 3.8) is 0 Å². The Labute approximate surface area is 176 Å². The predicted molar refractivity (Wildman–Crippen MR) is 113 cm³/mol. The Hall–Kier alpha value is -3.02. The van der Waals surface area contributed by atoms with Crippen molar-refractivity contribution in [2.45, 2.75) is 38.2 Å². The van der Waals surface area contributed by atoms with Gasteiger partial charge in [0.1, 0.15) is 12.4 Å². The van der Waals surface area contributed by atoms with Crippen LogP contribution in [0.2, 0.25) is 0 Å². The second-order valence-corrected chi connectivity index (χ2v) is 8.26. The summed E-state index contributed by atoms with van der Waals surface area (Å²) in [6, 6.07) is 14.6. The van der Waals surface area contributed by atoms with E-state index in [0.717, 1.165) is 24.3 Å². The van der Waals surface area contributed by atoms with Gasteiger partial charge in [-0.15, -0.1) is 0 Å². The van der Waals surface area contributed by atoms with Gasteiger partial charge >= 0.3 is 6.09 Å². The molecule has 4 rings (SSSR count). The van der Waals surface area contributed by atoms with E-state index >= 15 is 0 Å². The Morgan fingerprint density at radius 2 is 1.63 bits per heavy atom. The first kappa shape index (κ1) is 20.3. The van der Waals surface area contributed by atoms with Crippen molar-refractivity contribution < 1.29 is 19.4 Å². The van der Waals surface area contributed by atoms with Crippen molar-refractivity contribution in [1.82, 2.24) is 10.2 Å². The molecule has 2 aromatic rings. The Balaban J connectivity index is 1.16. The number of phenols is 1. The molecule has 0 bridgehead atoms. The monoisotopic (exact) mass is 408 g/mol. The van der Waals surface area contributed by atoms with E-state index in [2.05, 4.69) is 17.4 Å². The molecular formula is C24H28N2O4. The summed E-state index contributed by atoms with van der Waals surface area (Å²) in [5.74, 6) is 1.06. The molecule has 6 nitrogen and oxygen atoms in total. The summed E-state index contributed by atoms with van der Waals surface area (Å²) >= 11 is 0. The van der Waals surface area contributed by atoms with Crippen LogP contribution in [0.4, 0.5) is 4.79 Å². The van der Waals surface area contributed by atoms with Gasteiger partial charge in [-0.05, 0) is 72.9 Å². The summed E-state index contributed by atoms with van der Waals surface area (Å²) in [4.78, 5) is 26.3. The first-order valence-corrected chi connectivity index (χ1v) is 10.7. The summed E-state index contributed by atoms with van der Waals surface area (Å²) in [6.45, 7) is 2.15. The molecule has 0 unspecified atom stereocenters. The number of benzene rings is 2. The zero-order valence-electron chi connectivity index (χ0n) is 17.0. The number of nitrogens with zero attached hydrogens (tertiary/aromatic N) is 1. The largest absolute Gasteiger partial charge is 0.508 e. The average Bonchev–Trinajstić information content (AvgIpc) is 3.62. The highest BCUT2D eigenvalue weighted by Crippen LogP contribution is 2.39. The van der Waals surface area contributed by atoms with Crippen LogP contribution in [0.15, 0.2) is 48.5 Å². The molecular weight excluding hydrogens is 380 g/mol. The number of piperidine rings is 1. The van der Waals surface area contributed by atoms with Crippen LogP contribution in [0, 0.1) is 5.92 Å². The Kier molecular flexibility index (Phi) is 6.21. The van der Waals surface area contributed by atoms with Gasteiger partial charge in [-0.25, -0.2) is 4.79 Å². The highest BCUT2D eigenvalue weighted by atomic mass is 16.6. The fourth-order valence-corrected chi connectivity index (χ4v) is 3.81. The summed E-state index contributed by atoms with van der Waals surface area (Å²) in [5.41, 5.74) is 2.92. The number of carbonyl (C=O) groups is 2. The molecule has 2 N–H and O–H groups in total. The van der Waals surface area contributed by atoms with Gasteiger partial charge in [0.25, 0.3) is 5.91 Å². The van der Waals surface area contributed by atoms with E-state index in [4.69, 9.17) is 4.74 Å². The van der Waals surface area contributed by atoms with Gasteiger partial charge in [0.05, 0.1) is 0 Å². The number of rotatable bonds is 6. The quantitative estimate of drug-likeness (QED) is 0.756. The molecule has 2 fully saturated rings. The minimum Gasteiger partial charge on any atom is -0.508 e. The first-order valence-electron chi connectivity index (χ1n) is 10.7. The van der Waals surface area contributed by atoms with E-state index in [-0.39, 0.29) is 17.7 Å². The number of hydrogen-bond donors (Lipinski definition) is 2. The van der Waals surface area contributed by atoms with Crippen LogP contribution in [-0.4, -0.2) is 41.6 Å². The number of phenolic OH excluding ortho intramolecular Hbond substituents is 1. The molecule has 1 aliphatic heterocycles. The number of aromatic hydroxyl groups is 1. The number of hydrogen-bond acceptors (Lipinski definition) is 4. The zero-order chi connectivity index (χ0) is 20.9. The van der Waals surface area contributed by atoms with Crippen molar-refractivity contribution >= 4 is 12.0 Å². The maximum Gasteiger partial charge on any atom is 0.410 e. The normalized spacial score (nSPS) is 16.9. The second kappa shape index (κ2) is 9.20. The summed E-state index contributed by atoms with van der Waals surface area (Å²) in [7, 11) is 0. The molecule has 1 aliphatic carbocycles. The minimum absolute atomic E-state index is 0.140. The molecule has 0 radical (unpaired) electrons. The van der Waals surface area contributed by atoms with Crippen molar-refractivity contribution in [2.24, 2.45) is 5.92 Å². The average molecular weight is 408 g/mol. The van der Waals surface area contributed by atoms with Crippen molar-refractivity contribution in [2.75, 3.05) is 19.6 Å². The lowest BCUT2D eigenvalue weighted by Gasteiger charge is -2.31. The zero-order valence-corrected chi connectivity index (χ0v) is 17.0. The summed E-state index contributed by atoms with van der Waals surface area (Å²) in [6.07, 6.45) is 3.96. The Bertz CT molecular complexity index is 867. The van der Waals surface area contributed by atoms with Crippen LogP contribution in [0.1, 0.15) is 53.1 Å². The standard InChI is InChI=1S/C24H28N2O4/c27-22-9-7-21(8-10-22)23(28)25-15-17-11-13-26(14-12-17)24(29)30-16-18-1-3-19(4-2-18)20-5-6-20/h1-4,7-10,17,20,27H,5-6,11-16H2,(H,25,28). The van der Waals surface area contributed by atoms with E-state index in [1.165, 1.54) is 30.5 Å². The second-order valence-electron chi connectivity index (χ2n) is 8.26. The molecule has 1 saturated heterocycles. The molecule has 0 atom stereocenters. The third kappa shape index (κ3) is 5.32. The van der Waals surface area contributed by atoms with Crippen molar-refractivity contribution in [3.05, 3.63) is 65.2 Å². The molecule has 1 saturated carbocycles. The van der Waals surface area contributed by atoms with Crippen LogP contribution in [0.3, 0.4) is 0 Å². The highest BCUT2D eigenvalue weighted by molar-refractivity contribution is 5.94. The lowest BCUT2D eigenvalue weighted by atomic mass is 9.97. The number of likely N-dealkylation sites (tertiary alicyclic amines) is 1. The molecule has 2 aromatic carbocycles. The fraction of sp³-hybridized carbons (Fsp3) is 0.417. The molecule has 1 heterocycles. The molecule has 30 heavy (non-hydrogen) atoms. The van der Waals surface area contributed by atoms with E-state index in [0.29, 0.717) is 37.7 Å². The topological polar surface area (TPSA) is 78.9 Å². The molecule has 0 aromatic heterocycles. The van der Waals surface area contributed by atoms with Crippen LogP contribution >= 0.6 is 0 Å². The maximum atomic E-state index is 12.4. The van der Waals surface area contributed by atoms with Crippen LogP contribution in [0.5, 0.6) is 5.75 Å². The van der Waals surface area contributed by atoms with Gasteiger partial charge in [0.15, 0.2) is 0 Å². The number of nitrogens with one attached hydrogen (secondary N) is 1. The Morgan fingerprint density at radius 1 is 0.967 bits per heavy atom. The number of ether oxygens (including phenoxy) is 1. The molecule has 0 spiro atoms. The van der Waals surface area contributed by atoms with Crippen molar-refractivity contribution in [1.29, 1.82) is 0 Å². The minimum atomic E-state index is -0.271. The third-order valence-electron chi connectivity index (χ3n) is 5.94. The lowest BCUT2D eigenvalue weighted by molar-refractivity contribution is 0.0800.